The molecule has 0 spiro atoms. The molecule has 12 rings (SSSR count). The molecule has 0 aliphatic heterocycles. The summed E-state index contributed by atoms with van der Waals surface area (Å²) in [5.41, 5.74) is 9.19. The zero-order chi connectivity index (χ0) is 43.2. The van der Waals surface area contributed by atoms with Gasteiger partial charge in [-0.05, 0) is 114 Å². The second kappa shape index (κ2) is 16.1. The minimum Gasteiger partial charge on any atom is -0.310 e. The summed E-state index contributed by atoms with van der Waals surface area (Å²) in [7, 11) is -2.84. The van der Waals surface area contributed by atoms with E-state index >= 15 is 0 Å². The summed E-state index contributed by atoms with van der Waals surface area (Å²) >= 11 is 0. The third-order valence-electron chi connectivity index (χ3n) is 13.3. The fraction of sp³-hybridized carbons (Fsp3) is 0. The van der Waals surface area contributed by atoms with Crippen LogP contribution in [0.2, 0.25) is 0 Å². The van der Waals surface area contributed by atoms with Crippen LogP contribution in [0.1, 0.15) is 0 Å². The molecule has 3 heteroatoms. The molecule has 0 unspecified atom stereocenters. The van der Waals surface area contributed by atoms with E-state index < -0.39 is 8.07 Å². The first-order chi connectivity index (χ1) is 32.3. The fourth-order valence-electron chi connectivity index (χ4n) is 10.4. The Kier molecular flexibility index (Phi) is 9.55. The summed E-state index contributed by atoms with van der Waals surface area (Å²) in [6.07, 6.45) is 0. The predicted octanol–water partition coefficient (Wildman–Crippen LogP) is 13.6. The second-order valence-electron chi connectivity index (χ2n) is 16.9. The molecule has 2 nitrogen and oxygen atoms in total. The number of para-hydroxylation sites is 2. The Morgan fingerprint density at radius 1 is 0.308 bits per heavy atom. The maximum absolute atomic E-state index is 2.84. The van der Waals surface area contributed by atoms with Crippen LogP contribution in [-0.2, 0) is 0 Å². The van der Waals surface area contributed by atoms with Gasteiger partial charge < -0.3 is 9.47 Å². The van der Waals surface area contributed by atoms with Crippen molar-refractivity contribution < 1.29 is 0 Å². The van der Waals surface area contributed by atoms with Crippen molar-refractivity contribution in [3.8, 4) is 16.8 Å². The fourth-order valence-corrected chi connectivity index (χ4v) is 15.2. The summed E-state index contributed by atoms with van der Waals surface area (Å²) in [5, 5.41) is 12.9. The van der Waals surface area contributed by atoms with Gasteiger partial charge in [-0.1, -0.05) is 206 Å². The molecular formula is C62H44N2Si. The van der Waals surface area contributed by atoms with Crippen molar-refractivity contribution in [2.45, 2.75) is 0 Å². The number of hydrogen-bond acceptors (Lipinski definition) is 1. The Bertz CT molecular complexity index is 3540. The Morgan fingerprint density at radius 2 is 0.831 bits per heavy atom. The van der Waals surface area contributed by atoms with Crippen molar-refractivity contribution in [2.75, 3.05) is 4.90 Å². The first-order valence-electron chi connectivity index (χ1n) is 22.4. The van der Waals surface area contributed by atoms with E-state index in [4.69, 9.17) is 0 Å². The van der Waals surface area contributed by atoms with Crippen LogP contribution in [0.5, 0.6) is 0 Å². The molecule has 0 aliphatic carbocycles. The molecule has 1 aromatic heterocycles. The van der Waals surface area contributed by atoms with E-state index in [1.165, 1.54) is 69.7 Å². The number of fused-ring (bicyclic) bond motifs is 6. The van der Waals surface area contributed by atoms with E-state index in [1.54, 1.807) is 0 Å². The standard InChI is InChI=1S/C62H44N2Si/c1-5-20-49(21-6-1)64-59-32-16-15-31-58(59)62-60(33-18-34-61(62)64)63(50-40-37-45(38-41-50)47-39-42-57-48(43-47)36-35-46-19-13-14-30-56(46)57)51-22-17-29-55(44-51)65(52-23-7-2-8-24-52,53-25-9-3-10-26-53)54-27-11-4-12-28-54/h1-44H. The van der Waals surface area contributed by atoms with Gasteiger partial charge >= 0.3 is 0 Å². The summed E-state index contributed by atoms with van der Waals surface area (Å²) in [6, 6.07) is 98.6. The van der Waals surface area contributed by atoms with Gasteiger partial charge in [0.25, 0.3) is 0 Å². The quantitative estimate of drug-likeness (QED) is 0.0798. The summed E-state index contributed by atoms with van der Waals surface area (Å²) in [4.78, 5) is 2.49. The normalized spacial score (nSPS) is 11.7. The van der Waals surface area contributed by atoms with E-state index in [1.807, 2.05) is 0 Å². The number of benzene rings is 11. The Balaban J connectivity index is 1.09. The van der Waals surface area contributed by atoms with Gasteiger partial charge in [0.2, 0.25) is 0 Å². The van der Waals surface area contributed by atoms with E-state index in [-0.39, 0.29) is 0 Å². The zero-order valence-corrected chi connectivity index (χ0v) is 36.8. The predicted molar refractivity (Wildman–Crippen MR) is 280 cm³/mol. The average Bonchev–Trinajstić information content (AvgIpc) is 3.73. The molecule has 306 valence electrons. The van der Waals surface area contributed by atoms with Crippen LogP contribution in [-0.4, -0.2) is 12.6 Å². The Hall–Kier alpha value is -8.24. The number of hydrogen-bond donors (Lipinski definition) is 0. The van der Waals surface area contributed by atoms with Crippen molar-refractivity contribution >= 4 is 89.2 Å². The molecule has 0 bridgehead atoms. The van der Waals surface area contributed by atoms with Crippen molar-refractivity contribution in [1.82, 2.24) is 4.57 Å². The van der Waals surface area contributed by atoms with Gasteiger partial charge in [0.15, 0.2) is 8.07 Å². The summed E-state index contributed by atoms with van der Waals surface area (Å²) in [5.74, 6) is 0. The lowest BCUT2D eigenvalue weighted by Crippen LogP contribution is -2.74. The molecular weight excluding hydrogens is 801 g/mol. The minimum absolute atomic E-state index is 1.09. The van der Waals surface area contributed by atoms with Gasteiger partial charge in [-0.3, -0.25) is 0 Å². The topological polar surface area (TPSA) is 8.17 Å². The van der Waals surface area contributed by atoms with Crippen molar-refractivity contribution in [3.05, 3.63) is 267 Å². The van der Waals surface area contributed by atoms with Gasteiger partial charge in [0.1, 0.15) is 0 Å². The molecule has 12 aromatic rings. The van der Waals surface area contributed by atoms with Crippen LogP contribution in [0.15, 0.2) is 267 Å². The number of rotatable bonds is 9. The lowest BCUT2D eigenvalue weighted by molar-refractivity contribution is 1.18. The first kappa shape index (κ1) is 38.4. The van der Waals surface area contributed by atoms with Crippen LogP contribution >= 0.6 is 0 Å². The van der Waals surface area contributed by atoms with Gasteiger partial charge in [-0.25, -0.2) is 0 Å². The third-order valence-corrected chi connectivity index (χ3v) is 18.1. The van der Waals surface area contributed by atoms with Gasteiger partial charge in [0.05, 0.1) is 16.7 Å². The zero-order valence-electron chi connectivity index (χ0n) is 35.8. The highest BCUT2D eigenvalue weighted by molar-refractivity contribution is 7.19. The summed E-state index contributed by atoms with van der Waals surface area (Å²) < 4.78 is 2.41. The largest absolute Gasteiger partial charge is 0.310 e. The maximum atomic E-state index is 2.49. The third kappa shape index (κ3) is 6.47. The lowest BCUT2D eigenvalue weighted by Gasteiger charge is -2.35. The van der Waals surface area contributed by atoms with E-state index in [0.717, 1.165) is 28.3 Å². The van der Waals surface area contributed by atoms with Crippen LogP contribution in [0, 0.1) is 0 Å². The molecule has 0 radical (unpaired) electrons. The molecule has 0 saturated heterocycles. The van der Waals surface area contributed by atoms with Gasteiger partial charge in [0, 0.05) is 27.8 Å². The lowest BCUT2D eigenvalue weighted by atomic mass is 9.97. The van der Waals surface area contributed by atoms with Crippen LogP contribution in [0.25, 0.3) is 60.2 Å². The molecule has 11 aromatic carbocycles. The van der Waals surface area contributed by atoms with E-state index in [2.05, 4.69) is 276 Å². The monoisotopic (exact) mass is 844 g/mol. The molecule has 0 atom stereocenters. The van der Waals surface area contributed by atoms with Crippen LogP contribution in [0.3, 0.4) is 0 Å². The second-order valence-corrected chi connectivity index (χ2v) is 20.7. The molecule has 0 amide bonds. The van der Waals surface area contributed by atoms with Gasteiger partial charge in [-0.2, -0.15) is 0 Å². The molecule has 0 saturated carbocycles. The molecule has 0 fully saturated rings. The number of anilines is 3. The Morgan fingerprint density at radius 3 is 1.52 bits per heavy atom. The molecule has 0 aliphatic rings. The van der Waals surface area contributed by atoms with Crippen molar-refractivity contribution in [3.63, 3.8) is 0 Å². The van der Waals surface area contributed by atoms with Gasteiger partial charge in [-0.15, -0.1) is 0 Å². The highest BCUT2D eigenvalue weighted by atomic mass is 28.3. The van der Waals surface area contributed by atoms with Crippen molar-refractivity contribution in [1.29, 1.82) is 0 Å². The highest BCUT2D eigenvalue weighted by Crippen LogP contribution is 2.44. The Labute approximate surface area is 380 Å². The van der Waals surface area contributed by atoms with Crippen molar-refractivity contribution in [2.24, 2.45) is 0 Å². The molecule has 1 heterocycles. The van der Waals surface area contributed by atoms with Crippen LogP contribution in [0.4, 0.5) is 17.1 Å². The average molecular weight is 845 g/mol. The molecule has 0 N–H and O–H groups in total. The minimum atomic E-state index is -2.84. The SMILES string of the molecule is c1ccc(-n2c3ccccc3c3c(N(c4ccc(-c5ccc6c(ccc7ccccc76)c5)cc4)c4cccc([Si](c5ccccc5)(c5ccccc5)c5ccccc5)c4)cccc32)cc1. The van der Waals surface area contributed by atoms with Crippen LogP contribution < -0.4 is 25.6 Å². The number of nitrogens with zero attached hydrogens (tertiary/aromatic N) is 2. The van der Waals surface area contributed by atoms with E-state index in [9.17, 15) is 0 Å². The highest BCUT2D eigenvalue weighted by Gasteiger charge is 2.41. The molecule has 65 heavy (non-hydrogen) atoms. The maximum Gasteiger partial charge on any atom is 0.179 e. The number of aromatic nitrogens is 1. The first-order valence-corrected chi connectivity index (χ1v) is 24.4. The summed E-state index contributed by atoms with van der Waals surface area (Å²) in [6.45, 7) is 0. The van der Waals surface area contributed by atoms with E-state index in [0.29, 0.717) is 0 Å². The smallest absolute Gasteiger partial charge is 0.179 e.